The standard InChI is InChI=1S/C23H33F2N3O2S.CHNO2/c1-6-10-29-17-11-16(23(3,4)5)12-28(13-17)14-19-15(2)27-21(31-19)18-8-7-9-26-20(18)30-22(24)25;3-1-2-4/h7-9,16-17,22H,6,10-14H2,1-5H3;1H. The lowest BCUT2D eigenvalue weighted by Gasteiger charge is -2.43. The molecule has 0 spiro atoms. The van der Waals surface area contributed by atoms with Crippen LogP contribution in [-0.4, -0.2) is 53.7 Å². The molecule has 194 valence electrons. The van der Waals surface area contributed by atoms with E-state index < -0.39 is 6.61 Å². The topological polar surface area (TPSA) is 94.0 Å². The lowest BCUT2D eigenvalue weighted by Crippen LogP contribution is -2.47. The summed E-state index contributed by atoms with van der Waals surface area (Å²) >= 11 is 1.52. The molecule has 1 aliphatic rings. The third-order valence-electron chi connectivity index (χ3n) is 5.78. The summed E-state index contributed by atoms with van der Waals surface area (Å²) in [5, 5.41) is 2.46. The van der Waals surface area contributed by atoms with Crippen LogP contribution in [0.4, 0.5) is 8.78 Å². The molecule has 0 radical (unpaired) electrons. The smallest absolute Gasteiger partial charge is 0.388 e. The molecule has 0 aliphatic carbocycles. The minimum absolute atomic E-state index is 0.0556. The van der Waals surface area contributed by atoms with Crippen molar-refractivity contribution in [3.05, 3.63) is 33.8 Å². The van der Waals surface area contributed by atoms with Gasteiger partial charge in [-0.15, -0.1) is 16.2 Å². The Morgan fingerprint density at radius 3 is 2.66 bits per heavy atom. The summed E-state index contributed by atoms with van der Waals surface area (Å²) in [6.07, 6.45) is 3.72. The number of rotatable bonds is 9. The maximum atomic E-state index is 12.8. The zero-order valence-corrected chi connectivity index (χ0v) is 21.7. The van der Waals surface area contributed by atoms with Gasteiger partial charge in [0.25, 0.3) is 6.41 Å². The van der Waals surface area contributed by atoms with Crippen molar-refractivity contribution < 1.29 is 23.0 Å². The van der Waals surface area contributed by atoms with Gasteiger partial charge in [-0.2, -0.15) is 8.78 Å². The van der Waals surface area contributed by atoms with Gasteiger partial charge in [-0.1, -0.05) is 27.7 Å². The van der Waals surface area contributed by atoms with Gasteiger partial charge in [0.2, 0.25) is 5.88 Å². The fraction of sp³-hybridized carbons (Fsp3) is 0.625. The van der Waals surface area contributed by atoms with Gasteiger partial charge in [-0.05, 0) is 43.2 Å². The summed E-state index contributed by atoms with van der Waals surface area (Å²) < 4.78 is 36.3. The van der Waals surface area contributed by atoms with Crippen molar-refractivity contribution in [3.63, 3.8) is 0 Å². The highest BCUT2D eigenvalue weighted by Gasteiger charge is 2.35. The Balaban J connectivity index is 0.00000100. The number of aromatic nitrogens is 2. The Kier molecular flexibility index (Phi) is 11.3. The van der Waals surface area contributed by atoms with E-state index in [1.807, 2.05) is 6.92 Å². The number of pyridine rings is 1. The first-order valence-corrected chi connectivity index (χ1v) is 12.4. The van der Waals surface area contributed by atoms with Gasteiger partial charge in [0.05, 0.1) is 17.4 Å². The summed E-state index contributed by atoms with van der Waals surface area (Å²) in [7, 11) is 0. The molecule has 2 unspecified atom stereocenters. The van der Waals surface area contributed by atoms with Gasteiger partial charge in [0.15, 0.2) is 0 Å². The molecule has 11 heteroatoms. The maximum Gasteiger partial charge on any atom is 0.388 e. The van der Waals surface area contributed by atoms with Crippen LogP contribution in [0.15, 0.2) is 23.5 Å². The number of amides is 1. The Hall–Kier alpha value is -2.37. The van der Waals surface area contributed by atoms with Gasteiger partial charge in [0.1, 0.15) is 5.01 Å². The predicted molar refractivity (Wildman–Crippen MR) is 131 cm³/mol. The van der Waals surface area contributed by atoms with Crippen molar-refractivity contribution in [1.29, 1.82) is 0 Å². The number of carbonyl (C=O) groups is 1. The van der Waals surface area contributed by atoms with Crippen molar-refractivity contribution in [2.24, 2.45) is 16.5 Å². The van der Waals surface area contributed by atoms with Crippen molar-refractivity contribution in [3.8, 4) is 16.5 Å². The first-order valence-electron chi connectivity index (χ1n) is 11.6. The van der Waals surface area contributed by atoms with Gasteiger partial charge < -0.3 is 9.47 Å². The number of thiazole rings is 1. The number of carbonyl (C=O) groups excluding carboxylic acids is 1. The summed E-state index contributed by atoms with van der Waals surface area (Å²) in [6, 6.07) is 3.43. The molecule has 0 saturated carbocycles. The van der Waals surface area contributed by atoms with Gasteiger partial charge in [0, 0.05) is 42.5 Å². The number of ether oxygens (including phenoxy) is 2. The molecule has 3 rings (SSSR count). The van der Waals surface area contributed by atoms with E-state index in [1.54, 1.807) is 17.3 Å². The molecule has 0 aromatic carbocycles. The van der Waals surface area contributed by atoms with E-state index in [1.165, 1.54) is 17.5 Å². The molecule has 8 nitrogen and oxygen atoms in total. The molecule has 0 N–H and O–H groups in total. The number of piperidine rings is 1. The van der Waals surface area contributed by atoms with Crippen LogP contribution in [-0.2, 0) is 16.1 Å². The number of nitrogens with zero attached hydrogens (tertiary/aromatic N) is 4. The van der Waals surface area contributed by atoms with Gasteiger partial charge >= 0.3 is 6.61 Å². The van der Waals surface area contributed by atoms with Crippen molar-refractivity contribution in [2.75, 3.05) is 19.7 Å². The van der Waals surface area contributed by atoms with Crippen molar-refractivity contribution >= 4 is 17.7 Å². The second-order valence-electron chi connectivity index (χ2n) is 9.46. The summed E-state index contributed by atoms with van der Waals surface area (Å²) in [5.74, 6) is 0.455. The van der Waals surface area contributed by atoms with Gasteiger partial charge in [-0.25, -0.2) is 9.97 Å². The molecular weight excluding hydrogens is 478 g/mol. The highest BCUT2D eigenvalue weighted by molar-refractivity contribution is 7.15. The first kappa shape index (κ1) is 28.9. The zero-order valence-electron chi connectivity index (χ0n) is 20.9. The molecule has 1 aliphatic heterocycles. The molecule has 2 atom stereocenters. The average molecular weight is 513 g/mol. The first-order chi connectivity index (χ1) is 16.6. The average Bonchev–Trinajstić information content (AvgIpc) is 3.17. The van der Waals surface area contributed by atoms with Crippen LogP contribution in [0.5, 0.6) is 5.88 Å². The largest absolute Gasteiger partial charge is 0.416 e. The van der Waals surface area contributed by atoms with Crippen LogP contribution in [0.3, 0.4) is 0 Å². The lowest BCUT2D eigenvalue weighted by atomic mass is 9.75. The Morgan fingerprint density at radius 2 is 2.06 bits per heavy atom. The lowest BCUT2D eigenvalue weighted by molar-refractivity contribution is -0.106. The van der Waals surface area contributed by atoms with E-state index in [0.717, 1.165) is 49.7 Å². The summed E-state index contributed by atoms with van der Waals surface area (Å²) in [4.78, 5) is 29.4. The fourth-order valence-corrected chi connectivity index (χ4v) is 5.05. The second kappa shape index (κ2) is 13.6. The van der Waals surface area contributed by atoms with E-state index in [-0.39, 0.29) is 23.8 Å². The van der Waals surface area contributed by atoms with Crippen LogP contribution in [0, 0.1) is 23.2 Å². The Labute approximate surface area is 209 Å². The predicted octanol–water partition coefficient (Wildman–Crippen LogP) is 5.69. The zero-order chi connectivity index (χ0) is 26.0. The maximum absolute atomic E-state index is 12.8. The van der Waals surface area contributed by atoms with Crippen LogP contribution in [0.1, 0.15) is 51.1 Å². The van der Waals surface area contributed by atoms with E-state index >= 15 is 0 Å². The Bertz CT molecular complexity index is 946. The highest BCUT2D eigenvalue weighted by atomic mass is 32.1. The number of nitroso groups, excluding NO2 is 1. The third-order valence-corrected chi connectivity index (χ3v) is 6.95. The van der Waals surface area contributed by atoms with Crippen molar-refractivity contribution in [1.82, 2.24) is 14.9 Å². The second-order valence-corrected chi connectivity index (χ2v) is 10.5. The number of alkyl halides is 2. The van der Waals surface area contributed by atoms with E-state index in [2.05, 4.69) is 47.3 Å². The molecule has 2 aromatic rings. The molecule has 0 bridgehead atoms. The van der Waals surface area contributed by atoms with Crippen LogP contribution >= 0.6 is 11.3 Å². The van der Waals surface area contributed by atoms with Gasteiger partial charge in [-0.3, -0.25) is 9.69 Å². The molecule has 2 aromatic heterocycles. The highest BCUT2D eigenvalue weighted by Crippen LogP contribution is 2.37. The molecular formula is C24H34F2N4O4S. The van der Waals surface area contributed by atoms with Crippen LogP contribution in [0.2, 0.25) is 0 Å². The molecule has 1 fully saturated rings. The fourth-order valence-electron chi connectivity index (χ4n) is 3.93. The molecule has 1 saturated heterocycles. The molecule has 35 heavy (non-hydrogen) atoms. The van der Waals surface area contributed by atoms with E-state index in [4.69, 9.17) is 14.4 Å². The number of hydrogen-bond donors (Lipinski definition) is 0. The Morgan fingerprint density at radius 1 is 1.34 bits per heavy atom. The summed E-state index contributed by atoms with van der Waals surface area (Å²) in [6.45, 7) is 11.5. The van der Waals surface area contributed by atoms with Crippen molar-refractivity contribution in [2.45, 2.75) is 66.7 Å². The number of hydrogen-bond acceptors (Lipinski definition) is 8. The third kappa shape index (κ3) is 8.97. The van der Waals surface area contributed by atoms with E-state index in [9.17, 15) is 8.78 Å². The number of likely N-dealkylation sites (tertiary alicyclic amines) is 1. The molecule has 3 heterocycles. The van der Waals surface area contributed by atoms with E-state index in [0.29, 0.717) is 16.5 Å². The monoisotopic (exact) mass is 512 g/mol. The van der Waals surface area contributed by atoms with Crippen LogP contribution < -0.4 is 4.74 Å². The normalized spacial score (nSPS) is 18.6. The minimum atomic E-state index is -2.92. The SMILES string of the molecule is CCCOC1CC(C(C)(C)C)CN(Cc2sc(-c3cccnc3OC(F)F)nc2C)C1.O=CN=O. The summed E-state index contributed by atoms with van der Waals surface area (Å²) in [5.41, 5.74) is 1.62. The number of halogens is 2. The quantitative estimate of drug-likeness (QED) is 0.315. The minimum Gasteiger partial charge on any atom is -0.416 e. The molecule has 1 amide bonds. The number of aryl methyl sites for hydroxylation is 1. The van der Waals surface area contributed by atoms with Crippen LogP contribution in [0.25, 0.3) is 10.6 Å².